The van der Waals surface area contributed by atoms with Crippen LogP contribution < -0.4 is 5.73 Å². The van der Waals surface area contributed by atoms with E-state index in [-0.39, 0.29) is 5.91 Å². The zero-order valence-electron chi connectivity index (χ0n) is 14.4. The fourth-order valence-corrected chi connectivity index (χ4v) is 3.70. The third kappa shape index (κ3) is 9.07. The van der Waals surface area contributed by atoms with Crippen LogP contribution in [-0.2, 0) is 4.79 Å². The lowest BCUT2D eigenvalue weighted by molar-refractivity contribution is -0.113. The molecule has 1 saturated carbocycles. The average molecular weight is 306 g/mol. The number of nitrogens with two attached hydrogens (primary N) is 1. The molecule has 1 fully saturated rings. The standard InChI is InChI=1S/C20H35NO/c1-2-3-4-5-6-9-13-18-15-12-16-19(18)14-10-7-8-11-17-20(21)22/h7-8,11,17-19H,2-6,9-10,12-16H2,1H3,(H2,21,22)/b8-7+,17-11+/t18-,19-/m0/s1. The van der Waals surface area contributed by atoms with Crippen LogP contribution in [0.3, 0.4) is 0 Å². The van der Waals surface area contributed by atoms with Crippen molar-refractivity contribution in [3.05, 3.63) is 24.3 Å². The number of rotatable bonds is 12. The number of unbranched alkanes of at least 4 members (excludes halogenated alkanes) is 5. The van der Waals surface area contributed by atoms with E-state index in [1.54, 1.807) is 6.08 Å². The summed E-state index contributed by atoms with van der Waals surface area (Å²) in [6, 6.07) is 0. The zero-order chi connectivity index (χ0) is 16.0. The Morgan fingerprint density at radius 1 is 1.00 bits per heavy atom. The molecule has 1 amide bonds. The highest BCUT2D eigenvalue weighted by atomic mass is 16.1. The van der Waals surface area contributed by atoms with Crippen LogP contribution in [0.1, 0.15) is 84.0 Å². The Hall–Kier alpha value is -1.05. The molecule has 0 aliphatic heterocycles. The molecule has 1 rings (SSSR count). The molecule has 0 saturated heterocycles. The van der Waals surface area contributed by atoms with E-state index in [9.17, 15) is 4.79 Å². The normalized spacial score (nSPS) is 22.0. The maximum absolute atomic E-state index is 10.6. The van der Waals surface area contributed by atoms with Crippen molar-refractivity contribution in [2.24, 2.45) is 17.6 Å². The molecule has 0 spiro atoms. The fraction of sp³-hybridized carbons (Fsp3) is 0.750. The topological polar surface area (TPSA) is 43.1 Å². The van der Waals surface area contributed by atoms with Crippen molar-refractivity contribution in [1.29, 1.82) is 0 Å². The average Bonchev–Trinajstić information content (AvgIpc) is 2.93. The van der Waals surface area contributed by atoms with Gasteiger partial charge in [0.1, 0.15) is 0 Å². The van der Waals surface area contributed by atoms with Gasteiger partial charge in [0.15, 0.2) is 0 Å². The summed E-state index contributed by atoms with van der Waals surface area (Å²) in [6.45, 7) is 2.28. The third-order valence-corrected chi connectivity index (χ3v) is 4.96. The van der Waals surface area contributed by atoms with Crippen molar-refractivity contribution in [2.45, 2.75) is 84.0 Å². The number of hydrogen-bond donors (Lipinski definition) is 1. The molecule has 1 aliphatic rings. The van der Waals surface area contributed by atoms with Crippen LogP contribution in [0.4, 0.5) is 0 Å². The zero-order valence-corrected chi connectivity index (χ0v) is 14.4. The van der Waals surface area contributed by atoms with E-state index < -0.39 is 0 Å². The van der Waals surface area contributed by atoms with Gasteiger partial charge in [0.05, 0.1) is 0 Å². The summed E-state index contributed by atoms with van der Waals surface area (Å²) in [6.07, 6.45) is 23.9. The molecule has 0 aromatic heterocycles. The lowest BCUT2D eigenvalue weighted by Crippen LogP contribution is -2.07. The summed E-state index contributed by atoms with van der Waals surface area (Å²) in [4.78, 5) is 10.6. The van der Waals surface area contributed by atoms with Crippen molar-refractivity contribution in [1.82, 2.24) is 0 Å². The minimum atomic E-state index is -0.376. The summed E-state index contributed by atoms with van der Waals surface area (Å²) in [5, 5.41) is 0. The number of primary amides is 1. The van der Waals surface area contributed by atoms with Crippen LogP contribution in [0.15, 0.2) is 24.3 Å². The van der Waals surface area contributed by atoms with Gasteiger partial charge in [0.25, 0.3) is 0 Å². The highest BCUT2D eigenvalue weighted by molar-refractivity contribution is 5.85. The number of hydrogen-bond acceptors (Lipinski definition) is 1. The molecular formula is C20H35NO. The van der Waals surface area contributed by atoms with Gasteiger partial charge in [-0.25, -0.2) is 0 Å². The minimum absolute atomic E-state index is 0.376. The molecule has 0 heterocycles. The van der Waals surface area contributed by atoms with E-state index in [2.05, 4.69) is 13.0 Å². The number of amides is 1. The summed E-state index contributed by atoms with van der Waals surface area (Å²) >= 11 is 0. The van der Waals surface area contributed by atoms with E-state index in [1.165, 1.54) is 76.7 Å². The Labute approximate surface area is 137 Å². The predicted molar refractivity (Wildman–Crippen MR) is 95.5 cm³/mol. The molecule has 2 atom stereocenters. The first-order chi connectivity index (χ1) is 10.7. The molecule has 126 valence electrons. The van der Waals surface area contributed by atoms with Crippen LogP contribution in [0, 0.1) is 11.8 Å². The van der Waals surface area contributed by atoms with Gasteiger partial charge < -0.3 is 5.73 Å². The van der Waals surface area contributed by atoms with Gasteiger partial charge in [-0.3, -0.25) is 4.79 Å². The van der Waals surface area contributed by atoms with E-state index in [4.69, 9.17) is 5.73 Å². The van der Waals surface area contributed by atoms with Crippen LogP contribution in [-0.4, -0.2) is 5.91 Å². The Bertz CT molecular complexity index is 346. The molecule has 0 aromatic rings. The number of carbonyl (C=O) groups is 1. The molecule has 0 aromatic carbocycles. The van der Waals surface area contributed by atoms with E-state index >= 15 is 0 Å². The quantitative estimate of drug-likeness (QED) is 0.287. The Morgan fingerprint density at radius 2 is 1.68 bits per heavy atom. The first kappa shape index (κ1) is 19.0. The van der Waals surface area contributed by atoms with Crippen molar-refractivity contribution in [2.75, 3.05) is 0 Å². The van der Waals surface area contributed by atoms with Crippen LogP contribution in [0.25, 0.3) is 0 Å². The van der Waals surface area contributed by atoms with Gasteiger partial charge in [-0.2, -0.15) is 0 Å². The molecule has 1 aliphatic carbocycles. The monoisotopic (exact) mass is 305 g/mol. The maximum Gasteiger partial charge on any atom is 0.241 e. The van der Waals surface area contributed by atoms with Crippen LogP contribution in [0.2, 0.25) is 0 Å². The van der Waals surface area contributed by atoms with E-state index in [0.717, 1.165) is 18.3 Å². The predicted octanol–water partition coefficient (Wildman–Crippen LogP) is 5.53. The fourth-order valence-electron chi connectivity index (χ4n) is 3.70. The highest BCUT2D eigenvalue weighted by Gasteiger charge is 2.25. The van der Waals surface area contributed by atoms with Gasteiger partial charge in [0.2, 0.25) is 5.91 Å². The second-order valence-electron chi connectivity index (χ2n) is 6.77. The van der Waals surface area contributed by atoms with Gasteiger partial charge in [-0.05, 0) is 24.7 Å². The van der Waals surface area contributed by atoms with Crippen LogP contribution in [0.5, 0.6) is 0 Å². The van der Waals surface area contributed by atoms with Gasteiger partial charge in [-0.15, -0.1) is 0 Å². The second-order valence-corrected chi connectivity index (χ2v) is 6.77. The molecule has 0 bridgehead atoms. The van der Waals surface area contributed by atoms with Gasteiger partial charge >= 0.3 is 0 Å². The third-order valence-electron chi connectivity index (χ3n) is 4.96. The smallest absolute Gasteiger partial charge is 0.241 e. The highest BCUT2D eigenvalue weighted by Crippen LogP contribution is 2.38. The molecule has 2 nitrogen and oxygen atoms in total. The lowest BCUT2D eigenvalue weighted by Gasteiger charge is -2.18. The first-order valence-corrected chi connectivity index (χ1v) is 9.36. The summed E-state index contributed by atoms with van der Waals surface area (Å²) in [5.74, 6) is 1.53. The summed E-state index contributed by atoms with van der Waals surface area (Å²) in [7, 11) is 0. The summed E-state index contributed by atoms with van der Waals surface area (Å²) in [5.41, 5.74) is 5.05. The SMILES string of the molecule is CCCCCCCC[C@H]1CCC[C@@H]1CC/C=C/C=C/C(N)=O. The molecule has 2 heteroatoms. The van der Waals surface area contributed by atoms with Crippen molar-refractivity contribution in [3.8, 4) is 0 Å². The van der Waals surface area contributed by atoms with Crippen molar-refractivity contribution < 1.29 is 4.79 Å². The second kappa shape index (κ2) is 12.5. The Kier molecular flexibility index (Phi) is 10.8. The number of carbonyl (C=O) groups excluding carboxylic acids is 1. The summed E-state index contributed by atoms with van der Waals surface area (Å²) < 4.78 is 0. The largest absolute Gasteiger partial charge is 0.366 e. The molecular weight excluding hydrogens is 270 g/mol. The Morgan fingerprint density at radius 3 is 2.41 bits per heavy atom. The number of allylic oxidation sites excluding steroid dienone is 3. The minimum Gasteiger partial charge on any atom is -0.366 e. The van der Waals surface area contributed by atoms with E-state index in [0.29, 0.717) is 0 Å². The van der Waals surface area contributed by atoms with Crippen LogP contribution >= 0.6 is 0 Å². The molecule has 22 heavy (non-hydrogen) atoms. The first-order valence-electron chi connectivity index (χ1n) is 9.36. The van der Waals surface area contributed by atoms with Gasteiger partial charge in [-0.1, -0.05) is 89.4 Å². The molecule has 2 N–H and O–H groups in total. The van der Waals surface area contributed by atoms with Crippen molar-refractivity contribution >= 4 is 5.91 Å². The molecule has 0 radical (unpaired) electrons. The van der Waals surface area contributed by atoms with Gasteiger partial charge in [0, 0.05) is 6.08 Å². The van der Waals surface area contributed by atoms with Crippen molar-refractivity contribution in [3.63, 3.8) is 0 Å². The Balaban J connectivity index is 2.11. The lowest BCUT2D eigenvalue weighted by atomic mass is 9.87. The molecule has 0 unspecified atom stereocenters. The van der Waals surface area contributed by atoms with E-state index in [1.807, 2.05) is 6.08 Å². The maximum atomic E-state index is 10.6.